The maximum atomic E-state index is 5.46. The molecule has 1 N–H and O–H groups in total. The Morgan fingerprint density at radius 1 is 1.25 bits per heavy atom. The third kappa shape index (κ3) is 3.44. The van der Waals surface area contributed by atoms with Crippen LogP contribution in [-0.4, -0.2) is 49.8 Å². The van der Waals surface area contributed by atoms with Gasteiger partial charge in [-0.2, -0.15) is 0 Å². The van der Waals surface area contributed by atoms with Crippen molar-refractivity contribution < 1.29 is 4.74 Å². The van der Waals surface area contributed by atoms with Gasteiger partial charge in [0.05, 0.1) is 0 Å². The van der Waals surface area contributed by atoms with E-state index in [1.54, 1.807) is 0 Å². The molecule has 2 heterocycles. The van der Waals surface area contributed by atoms with Gasteiger partial charge < -0.3 is 10.1 Å². The van der Waals surface area contributed by atoms with Gasteiger partial charge in [-0.25, -0.2) is 0 Å². The zero-order valence-corrected chi connectivity index (χ0v) is 10.6. The minimum absolute atomic E-state index is 0.745. The molecule has 0 bridgehead atoms. The number of ether oxygens (including phenoxy) is 1. The van der Waals surface area contributed by atoms with E-state index >= 15 is 0 Å². The number of hydrogen-bond acceptors (Lipinski definition) is 3. The minimum atomic E-state index is 0.745. The van der Waals surface area contributed by atoms with Gasteiger partial charge in [0.15, 0.2) is 0 Å². The quantitative estimate of drug-likeness (QED) is 0.771. The fourth-order valence-corrected chi connectivity index (χ4v) is 2.96. The van der Waals surface area contributed by atoms with Gasteiger partial charge in [-0.1, -0.05) is 6.92 Å². The zero-order valence-electron chi connectivity index (χ0n) is 10.6. The Hall–Kier alpha value is -0.120. The summed E-state index contributed by atoms with van der Waals surface area (Å²) in [6.45, 7) is 7.93. The molecule has 0 aromatic carbocycles. The van der Waals surface area contributed by atoms with Crippen LogP contribution in [-0.2, 0) is 4.74 Å². The van der Waals surface area contributed by atoms with Gasteiger partial charge >= 0.3 is 0 Å². The van der Waals surface area contributed by atoms with E-state index in [0.717, 1.165) is 25.3 Å². The Morgan fingerprint density at radius 2 is 2.06 bits per heavy atom. The summed E-state index contributed by atoms with van der Waals surface area (Å²) in [4.78, 5) is 2.70. The van der Waals surface area contributed by atoms with Gasteiger partial charge in [0, 0.05) is 31.8 Å². The van der Waals surface area contributed by atoms with E-state index in [1.165, 1.54) is 51.7 Å². The molecule has 0 aliphatic carbocycles. The van der Waals surface area contributed by atoms with E-state index in [0.29, 0.717) is 0 Å². The fourth-order valence-electron chi connectivity index (χ4n) is 2.96. The van der Waals surface area contributed by atoms with Gasteiger partial charge in [-0.05, 0) is 45.2 Å². The van der Waals surface area contributed by atoms with Crippen molar-refractivity contribution in [2.24, 2.45) is 0 Å². The molecule has 0 spiro atoms. The highest BCUT2D eigenvalue weighted by Gasteiger charge is 2.24. The van der Waals surface area contributed by atoms with Crippen LogP contribution < -0.4 is 5.32 Å². The van der Waals surface area contributed by atoms with Crippen molar-refractivity contribution in [3.05, 3.63) is 0 Å². The second-order valence-corrected chi connectivity index (χ2v) is 5.13. The highest BCUT2D eigenvalue weighted by atomic mass is 16.5. The molecule has 2 rings (SSSR count). The molecular weight excluding hydrogens is 200 g/mol. The first-order valence-corrected chi connectivity index (χ1v) is 6.95. The summed E-state index contributed by atoms with van der Waals surface area (Å²) in [5, 5.41) is 3.61. The molecule has 2 saturated heterocycles. The monoisotopic (exact) mass is 226 g/mol. The summed E-state index contributed by atoms with van der Waals surface area (Å²) < 4.78 is 5.46. The van der Waals surface area contributed by atoms with Crippen LogP contribution in [0.1, 0.15) is 39.0 Å². The van der Waals surface area contributed by atoms with E-state index in [2.05, 4.69) is 17.1 Å². The van der Waals surface area contributed by atoms with E-state index in [4.69, 9.17) is 4.74 Å². The van der Waals surface area contributed by atoms with E-state index < -0.39 is 0 Å². The third-order valence-corrected chi connectivity index (χ3v) is 3.84. The number of nitrogens with zero attached hydrogens (tertiary/aromatic N) is 1. The molecule has 3 nitrogen and oxygen atoms in total. The van der Waals surface area contributed by atoms with Gasteiger partial charge in [0.25, 0.3) is 0 Å². The van der Waals surface area contributed by atoms with E-state index in [1.807, 2.05) is 0 Å². The number of rotatable bonds is 5. The van der Waals surface area contributed by atoms with Crippen molar-refractivity contribution in [1.82, 2.24) is 10.2 Å². The van der Waals surface area contributed by atoms with Crippen LogP contribution in [0.2, 0.25) is 0 Å². The SMILES string of the molecule is CCCN(CC1CCCN1)C1CCOCC1. The first kappa shape index (κ1) is 12.3. The Kier molecular flexibility index (Phi) is 5.07. The second-order valence-electron chi connectivity index (χ2n) is 5.13. The van der Waals surface area contributed by atoms with Crippen LogP contribution in [0.4, 0.5) is 0 Å². The molecule has 0 amide bonds. The lowest BCUT2D eigenvalue weighted by atomic mass is 10.1. The Bertz CT molecular complexity index is 186. The van der Waals surface area contributed by atoms with Gasteiger partial charge in [0.2, 0.25) is 0 Å². The van der Waals surface area contributed by atoms with Crippen LogP contribution in [0.5, 0.6) is 0 Å². The molecule has 0 aromatic heterocycles. The predicted molar refractivity (Wildman–Crippen MR) is 66.7 cm³/mol. The summed E-state index contributed by atoms with van der Waals surface area (Å²) in [7, 11) is 0. The van der Waals surface area contributed by atoms with Crippen molar-refractivity contribution in [3.8, 4) is 0 Å². The van der Waals surface area contributed by atoms with Crippen LogP contribution in [0, 0.1) is 0 Å². The summed E-state index contributed by atoms with van der Waals surface area (Å²) in [6, 6.07) is 1.52. The highest BCUT2D eigenvalue weighted by Crippen LogP contribution is 2.17. The van der Waals surface area contributed by atoms with Crippen molar-refractivity contribution in [3.63, 3.8) is 0 Å². The largest absolute Gasteiger partial charge is 0.381 e. The van der Waals surface area contributed by atoms with Gasteiger partial charge in [0.1, 0.15) is 0 Å². The molecule has 0 aromatic rings. The van der Waals surface area contributed by atoms with Crippen molar-refractivity contribution in [1.29, 1.82) is 0 Å². The first-order chi connectivity index (χ1) is 7.90. The summed E-state index contributed by atoms with van der Waals surface area (Å²) in [6.07, 6.45) is 6.45. The van der Waals surface area contributed by atoms with E-state index in [9.17, 15) is 0 Å². The topological polar surface area (TPSA) is 24.5 Å². The molecule has 2 aliphatic rings. The molecule has 2 aliphatic heterocycles. The number of hydrogen-bond donors (Lipinski definition) is 1. The third-order valence-electron chi connectivity index (χ3n) is 3.84. The highest BCUT2D eigenvalue weighted by molar-refractivity contribution is 4.82. The Morgan fingerprint density at radius 3 is 2.69 bits per heavy atom. The Balaban J connectivity index is 1.82. The van der Waals surface area contributed by atoms with Crippen LogP contribution in [0.25, 0.3) is 0 Å². The smallest absolute Gasteiger partial charge is 0.0480 e. The molecule has 1 unspecified atom stereocenters. The van der Waals surface area contributed by atoms with Crippen LogP contribution in [0.15, 0.2) is 0 Å². The standard InChI is InChI=1S/C13H26N2O/c1-2-8-15(11-12-4-3-7-14-12)13-5-9-16-10-6-13/h12-14H,2-11H2,1H3. The lowest BCUT2D eigenvalue weighted by molar-refractivity contribution is 0.0312. The molecule has 94 valence electrons. The lowest BCUT2D eigenvalue weighted by Gasteiger charge is -2.35. The molecule has 0 radical (unpaired) electrons. The maximum absolute atomic E-state index is 5.46. The molecule has 2 fully saturated rings. The number of nitrogens with one attached hydrogen (secondary N) is 1. The lowest BCUT2D eigenvalue weighted by Crippen LogP contribution is -2.45. The molecule has 3 heteroatoms. The summed E-state index contributed by atoms with van der Waals surface area (Å²) in [5.74, 6) is 0. The van der Waals surface area contributed by atoms with Crippen molar-refractivity contribution in [2.75, 3.05) is 32.8 Å². The summed E-state index contributed by atoms with van der Waals surface area (Å²) >= 11 is 0. The van der Waals surface area contributed by atoms with Gasteiger partial charge in [-0.15, -0.1) is 0 Å². The average molecular weight is 226 g/mol. The normalized spacial score (nSPS) is 27.8. The minimum Gasteiger partial charge on any atom is -0.381 e. The van der Waals surface area contributed by atoms with Crippen molar-refractivity contribution in [2.45, 2.75) is 51.1 Å². The first-order valence-electron chi connectivity index (χ1n) is 6.95. The fraction of sp³-hybridized carbons (Fsp3) is 1.00. The zero-order chi connectivity index (χ0) is 11.2. The molecule has 16 heavy (non-hydrogen) atoms. The second kappa shape index (κ2) is 6.58. The summed E-state index contributed by atoms with van der Waals surface area (Å²) in [5.41, 5.74) is 0. The van der Waals surface area contributed by atoms with Gasteiger partial charge in [-0.3, -0.25) is 4.90 Å². The predicted octanol–water partition coefficient (Wildman–Crippen LogP) is 1.63. The van der Waals surface area contributed by atoms with Crippen LogP contribution >= 0.6 is 0 Å². The molecule has 0 saturated carbocycles. The van der Waals surface area contributed by atoms with Crippen molar-refractivity contribution >= 4 is 0 Å². The van der Waals surface area contributed by atoms with Crippen LogP contribution in [0.3, 0.4) is 0 Å². The Labute approximate surface area is 99.5 Å². The maximum Gasteiger partial charge on any atom is 0.0480 e. The average Bonchev–Trinajstić information content (AvgIpc) is 2.83. The molecule has 1 atom stereocenters. The van der Waals surface area contributed by atoms with E-state index in [-0.39, 0.29) is 0 Å². The molecular formula is C13H26N2O.